The molecule has 218 valence electrons. The number of likely N-dealkylation sites (N-methyl/N-ethyl adjacent to an activating group) is 1. The molecule has 0 bridgehead atoms. The van der Waals surface area contributed by atoms with Crippen molar-refractivity contribution >= 4 is 55.8 Å². The lowest BCUT2D eigenvalue weighted by atomic mass is 10.2. The van der Waals surface area contributed by atoms with E-state index < -0.39 is 10.0 Å². The van der Waals surface area contributed by atoms with Crippen molar-refractivity contribution in [3.63, 3.8) is 0 Å². The number of nitrogens with zero attached hydrogens (tertiary/aromatic N) is 3. The van der Waals surface area contributed by atoms with Crippen molar-refractivity contribution in [1.29, 1.82) is 0 Å². The molecule has 3 N–H and O–H groups in total. The Bertz CT molecular complexity index is 1350. The Morgan fingerprint density at radius 2 is 1.73 bits per heavy atom. The number of sulfonamides is 1. The molecule has 0 unspecified atom stereocenters. The summed E-state index contributed by atoms with van der Waals surface area (Å²) in [6.45, 7) is 11.5. The van der Waals surface area contributed by atoms with E-state index in [-0.39, 0.29) is 10.9 Å². The summed E-state index contributed by atoms with van der Waals surface area (Å²) in [5.41, 5.74) is 1.07. The van der Waals surface area contributed by atoms with Crippen LogP contribution in [0.25, 0.3) is 0 Å². The van der Waals surface area contributed by atoms with Crippen molar-refractivity contribution in [1.82, 2.24) is 19.6 Å². The fourth-order valence-corrected chi connectivity index (χ4v) is 5.97. The van der Waals surface area contributed by atoms with Gasteiger partial charge in [-0.3, -0.25) is 0 Å². The molecule has 10 nitrogen and oxygen atoms in total. The fraction of sp³-hybridized carbons (Fsp3) is 0.429. The van der Waals surface area contributed by atoms with Crippen molar-refractivity contribution < 1.29 is 17.9 Å². The molecule has 2 aromatic carbocycles. The van der Waals surface area contributed by atoms with Crippen LogP contribution in [0.5, 0.6) is 11.5 Å². The van der Waals surface area contributed by atoms with E-state index in [2.05, 4.69) is 66.7 Å². The van der Waals surface area contributed by atoms with Gasteiger partial charge in [-0.2, -0.15) is 4.98 Å². The van der Waals surface area contributed by atoms with Gasteiger partial charge in [0, 0.05) is 24.8 Å². The van der Waals surface area contributed by atoms with Crippen LogP contribution in [0.3, 0.4) is 0 Å². The third-order valence-corrected chi connectivity index (χ3v) is 8.84. The van der Waals surface area contributed by atoms with Crippen LogP contribution in [0, 0.1) is 3.57 Å². The Labute approximate surface area is 251 Å². The standard InChI is InChI=1S/C28H39IN6O4S/c1-6-20(7-2)34-40(36,37)26-13-11-10-12-23(26)31-27-22(29)19-30-28(33-27)32-24-18-21(14-15-25(24)38-5)39-17-16-35(8-3)9-4/h10-15,18-20,34H,6-9,16-17H2,1-5H3,(H2,30,31,32,33). The van der Waals surface area contributed by atoms with Crippen LogP contribution in [0.1, 0.15) is 40.5 Å². The molecule has 0 amide bonds. The Hall–Kier alpha value is -2.68. The number of aromatic nitrogens is 2. The fourth-order valence-electron chi connectivity index (χ4n) is 4.01. The second-order valence-electron chi connectivity index (χ2n) is 9.01. The van der Waals surface area contributed by atoms with Gasteiger partial charge in [-0.25, -0.2) is 18.1 Å². The van der Waals surface area contributed by atoms with Gasteiger partial charge in [-0.05, 0) is 72.8 Å². The topological polar surface area (TPSA) is 118 Å². The van der Waals surface area contributed by atoms with Crippen molar-refractivity contribution in [3.05, 3.63) is 52.2 Å². The third kappa shape index (κ3) is 8.66. The number of nitrogens with one attached hydrogen (secondary N) is 3. The van der Waals surface area contributed by atoms with Crippen molar-refractivity contribution in [2.75, 3.05) is 44.0 Å². The van der Waals surface area contributed by atoms with E-state index in [9.17, 15) is 8.42 Å². The van der Waals surface area contributed by atoms with Crippen molar-refractivity contribution in [2.24, 2.45) is 0 Å². The number of hydrogen-bond acceptors (Lipinski definition) is 9. The molecular formula is C28H39IN6O4S. The maximum Gasteiger partial charge on any atom is 0.242 e. The highest BCUT2D eigenvalue weighted by molar-refractivity contribution is 14.1. The first-order chi connectivity index (χ1) is 19.2. The highest BCUT2D eigenvalue weighted by atomic mass is 127. The van der Waals surface area contributed by atoms with E-state index in [0.29, 0.717) is 54.1 Å². The SMILES string of the molecule is CCC(CC)NS(=O)(=O)c1ccccc1Nc1nc(Nc2cc(OCCN(CC)CC)ccc2OC)ncc1I. The summed E-state index contributed by atoms with van der Waals surface area (Å²) in [5.74, 6) is 2.09. The number of para-hydroxylation sites is 1. The van der Waals surface area contributed by atoms with Gasteiger partial charge in [0.05, 0.1) is 22.1 Å². The second kappa shape index (κ2) is 15.4. The Balaban J connectivity index is 1.83. The molecule has 0 radical (unpaired) electrons. The number of ether oxygens (including phenoxy) is 2. The average Bonchev–Trinajstić information content (AvgIpc) is 2.96. The maximum absolute atomic E-state index is 13.2. The van der Waals surface area contributed by atoms with Gasteiger partial charge < -0.3 is 25.0 Å². The Morgan fingerprint density at radius 1 is 1.00 bits per heavy atom. The van der Waals surface area contributed by atoms with E-state index >= 15 is 0 Å². The van der Waals surface area contributed by atoms with Crippen LogP contribution in [-0.4, -0.2) is 62.7 Å². The van der Waals surface area contributed by atoms with Crippen molar-refractivity contribution in [3.8, 4) is 11.5 Å². The lowest BCUT2D eigenvalue weighted by molar-refractivity contribution is 0.223. The van der Waals surface area contributed by atoms with E-state index in [1.807, 2.05) is 32.0 Å². The second-order valence-corrected chi connectivity index (χ2v) is 11.9. The van der Waals surface area contributed by atoms with Gasteiger partial charge in [-0.1, -0.05) is 39.8 Å². The largest absolute Gasteiger partial charge is 0.495 e. The molecule has 12 heteroatoms. The minimum Gasteiger partial charge on any atom is -0.495 e. The molecule has 0 aliphatic rings. The highest BCUT2D eigenvalue weighted by Crippen LogP contribution is 2.32. The van der Waals surface area contributed by atoms with Gasteiger partial charge >= 0.3 is 0 Å². The summed E-state index contributed by atoms with van der Waals surface area (Å²) in [4.78, 5) is 11.5. The number of anilines is 4. The molecule has 1 heterocycles. The van der Waals surface area contributed by atoms with Crippen LogP contribution in [0.4, 0.5) is 23.1 Å². The maximum atomic E-state index is 13.2. The molecule has 0 saturated heterocycles. The molecule has 3 aromatic rings. The lowest BCUT2D eigenvalue weighted by Crippen LogP contribution is -2.34. The summed E-state index contributed by atoms with van der Waals surface area (Å²) in [6.07, 6.45) is 3.07. The number of rotatable bonds is 16. The van der Waals surface area contributed by atoms with Gasteiger partial charge in [0.1, 0.15) is 28.8 Å². The molecule has 0 atom stereocenters. The number of methoxy groups -OCH3 is 1. The van der Waals surface area contributed by atoms with E-state index in [1.54, 1.807) is 37.6 Å². The molecule has 0 saturated carbocycles. The van der Waals surface area contributed by atoms with Gasteiger partial charge in [-0.15, -0.1) is 0 Å². The summed E-state index contributed by atoms with van der Waals surface area (Å²) in [6, 6.07) is 12.2. The minimum absolute atomic E-state index is 0.139. The van der Waals surface area contributed by atoms with Gasteiger partial charge in [0.15, 0.2) is 0 Å². The quantitative estimate of drug-likeness (QED) is 0.162. The zero-order valence-electron chi connectivity index (χ0n) is 23.7. The number of hydrogen-bond donors (Lipinski definition) is 3. The lowest BCUT2D eigenvalue weighted by Gasteiger charge is -2.19. The first kappa shape index (κ1) is 31.8. The van der Waals surface area contributed by atoms with Crippen LogP contribution >= 0.6 is 22.6 Å². The third-order valence-electron chi connectivity index (χ3n) is 6.47. The highest BCUT2D eigenvalue weighted by Gasteiger charge is 2.22. The van der Waals surface area contributed by atoms with Gasteiger partial charge in [0.25, 0.3) is 0 Å². The first-order valence-electron chi connectivity index (χ1n) is 13.5. The summed E-state index contributed by atoms with van der Waals surface area (Å²) < 4.78 is 41.4. The molecule has 0 aliphatic heterocycles. The summed E-state index contributed by atoms with van der Waals surface area (Å²) in [5, 5.41) is 6.41. The van der Waals surface area contributed by atoms with E-state index in [4.69, 9.17) is 9.47 Å². The van der Waals surface area contributed by atoms with Crippen LogP contribution in [-0.2, 0) is 10.0 Å². The van der Waals surface area contributed by atoms with Crippen LogP contribution < -0.4 is 24.8 Å². The summed E-state index contributed by atoms with van der Waals surface area (Å²) in [7, 11) is -2.15. The van der Waals surface area contributed by atoms with Crippen molar-refractivity contribution in [2.45, 2.75) is 51.5 Å². The predicted octanol–water partition coefficient (Wildman–Crippen LogP) is 5.76. The monoisotopic (exact) mass is 682 g/mol. The van der Waals surface area contributed by atoms with Gasteiger partial charge in [0.2, 0.25) is 16.0 Å². The smallest absolute Gasteiger partial charge is 0.242 e. The number of benzene rings is 2. The molecule has 0 fully saturated rings. The number of halogens is 1. The van der Waals surface area contributed by atoms with E-state index in [1.165, 1.54) is 0 Å². The summed E-state index contributed by atoms with van der Waals surface area (Å²) >= 11 is 2.12. The molecular weight excluding hydrogens is 643 g/mol. The molecule has 3 rings (SSSR count). The Kier molecular flexibility index (Phi) is 12.2. The molecule has 0 aliphatic carbocycles. The zero-order valence-corrected chi connectivity index (χ0v) is 26.7. The van der Waals surface area contributed by atoms with Crippen LogP contribution in [0.15, 0.2) is 53.6 Å². The first-order valence-corrected chi connectivity index (χ1v) is 16.0. The molecule has 40 heavy (non-hydrogen) atoms. The van der Waals surface area contributed by atoms with Crippen LogP contribution in [0.2, 0.25) is 0 Å². The van der Waals surface area contributed by atoms with E-state index in [0.717, 1.165) is 23.2 Å². The predicted molar refractivity (Wildman–Crippen MR) is 169 cm³/mol. The normalized spacial score (nSPS) is 11.6. The average molecular weight is 683 g/mol. The molecule has 0 spiro atoms. The zero-order chi connectivity index (χ0) is 29.1. The molecule has 1 aromatic heterocycles. The Morgan fingerprint density at radius 3 is 2.40 bits per heavy atom. The minimum atomic E-state index is -3.74.